The second-order valence-corrected chi connectivity index (χ2v) is 5.96. The van der Waals surface area contributed by atoms with Crippen molar-refractivity contribution in [2.24, 2.45) is 0 Å². The summed E-state index contributed by atoms with van der Waals surface area (Å²) in [6.07, 6.45) is 0. The Hall–Kier alpha value is -2.82. The molecule has 2 amide bonds. The van der Waals surface area contributed by atoms with Crippen molar-refractivity contribution >= 4 is 23.2 Å². The molecule has 132 valence electrons. The highest BCUT2D eigenvalue weighted by molar-refractivity contribution is 5.93. The van der Waals surface area contributed by atoms with E-state index >= 15 is 0 Å². The maximum absolute atomic E-state index is 12.2. The molecule has 0 aromatic heterocycles. The van der Waals surface area contributed by atoms with Gasteiger partial charge < -0.3 is 15.5 Å². The molecule has 0 saturated heterocycles. The molecule has 0 atom stereocenters. The number of carbonyl (C=O) groups excluding carboxylic acids is 2. The minimum atomic E-state index is -0.112. The molecule has 0 radical (unpaired) electrons. The highest BCUT2D eigenvalue weighted by Crippen LogP contribution is 2.17. The monoisotopic (exact) mass is 339 g/mol. The molecule has 0 spiro atoms. The molecule has 2 rings (SSSR count). The van der Waals surface area contributed by atoms with E-state index in [1.807, 2.05) is 62.4 Å². The Kier molecular flexibility index (Phi) is 6.57. The van der Waals surface area contributed by atoms with Crippen LogP contribution in [0, 0.1) is 6.92 Å². The lowest BCUT2D eigenvalue weighted by atomic mass is 10.1. The number of nitrogens with zero attached hydrogens (tertiary/aromatic N) is 1. The van der Waals surface area contributed by atoms with Crippen LogP contribution >= 0.6 is 0 Å². The first kappa shape index (κ1) is 18.5. The zero-order chi connectivity index (χ0) is 18.2. The van der Waals surface area contributed by atoms with Crippen molar-refractivity contribution in [3.8, 4) is 0 Å². The number of hydrogen-bond acceptors (Lipinski definition) is 3. The van der Waals surface area contributed by atoms with Gasteiger partial charge in [-0.25, -0.2) is 0 Å². The fourth-order valence-electron chi connectivity index (χ4n) is 2.59. The van der Waals surface area contributed by atoms with Gasteiger partial charge in [0.15, 0.2) is 0 Å². The van der Waals surface area contributed by atoms with Gasteiger partial charge in [0.1, 0.15) is 0 Å². The third-order valence-corrected chi connectivity index (χ3v) is 3.95. The molecule has 5 heteroatoms. The van der Waals surface area contributed by atoms with Crippen LogP contribution in [0.15, 0.2) is 48.5 Å². The predicted molar refractivity (Wildman–Crippen MR) is 102 cm³/mol. The second-order valence-electron chi connectivity index (χ2n) is 5.96. The number of anilines is 2. The minimum absolute atomic E-state index is 0.0366. The summed E-state index contributed by atoms with van der Waals surface area (Å²) in [7, 11) is 0. The molecule has 25 heavy (non-hydrogen) atoms. The zero-order valence-electron chi connectivity index (χ0n) is 15.0. The van der Waals surface area contributed by atoms with E-state index in [-0.39, 0.29) is 18.4 Å². The molecule has 0 aliphatic carbocycles. The van der Waals surface area contributed by atoms with E-state index in [0.29, 0.717) is 13.1 Å². The fraction of sp³-hybridized carbons (Fsp3) is 0.300. The van der Waals surface area contributed by atoms with Crippen molar-refractivity contribution < 1.29 is 9.59 Å². The molecule has 2 aromatic carbocycles. The van der Waals surface area contributed by atoms with Crippen LogP contribution in [-0.2, 0) is 16.1 Å². The van der Waals surface area contributed by atoms with Crippen LogP contribution in [0.3, 0.4) is 0 Å². The van der Waals surface area contributed by atoms with Crippen molar-refractivity contribution in [2.45, 2.75) is 27.3 Å². The van der Waals surface area contributed by atoms with Gasteiger partial charge in [-0.2, -0.15) is 0 Å². The number of nitrogens with one attached hydrogen (secondary N) is 2. The van der Waals surface area contributed by atoms with Gasteiger partial charge in [-0.1, -0.05) is 30.3 Å². The first-order valence-corrected chi connectivity index (χ1v) is 8.43. The van der Waals surface area contributed by atoms with Crippen molar-refractivity contribution in [1.29, 1.82) is 0 Å². The van der Waals surface area contributed by atoms with Gasteiger partial charge in [-0.05, 0) is 43.2 Å². The van der Waals surface area contributed by atoms with E-state index < -0.39 is 0 Å². The lowest BCUT2D eigenvalue weighted by molar-refractivity contribution is -0.129. The van der Waals surface area contributed by atoms with E-state index in [1.54, 1.807) is 11.8 Å². The lowest BCUT2D eigenvalue weighted by Gasteiger charge is -2.21. The molecule has 0 bridgehead atoms. The van der Waals surface area contributed by atoms with Crippen LogP contribution in [0.4, 0.5) is 11.4 Å². The maximum atomic E-state index is 12.2. The van der Waals surface area contributed by atoms with Gasteiger partial charge in [0, 0.05) is 31.4 Å². The van der Waals surface area contributed by atoms with Crippen molar-refractivity contribution in [3.05, 3.63) is 59.7 Å². The summed E-state index contributed by atoms with van der Waals surface area (Å²) in [6, 6.07) is 15.4. The van der Waals surface area contributed by atoms with Crippen LogP contribution in [0.5, 0.6) is 0 Å². The summed E-state index contributed by atoms with van der Waals surface area (Å²) < 4.78 is 0. The summed E-state index contributed by atoms with van der Waals surface area (Å²) in [5.41, 5.74) is 3.73. The SMILES string of the molecule is CCN(Cc1ccccc1NCC(=O)Nc1cccc(C)c1)C(C)=O. The summed E-state index contributed by atoms with van der Waals surface area (Å²) in [5.74, 6) is -0.0752. The van der Waals surface area contributed by atoms with Crippen LogP contribution in [-0.4, -0.2) is 29.8 Å². The molecule has 2 aromatic rings. The number of rotatable bonds is 7. The van der Waals surface area contributed by atoms with Gasteiger partial charge in [-0.15, -0.1) is 0 Å². The topological polar surface area (TPSA) is 61.4 Å². The summed E-state index contributed by atoms with van der Waals surface area (Å²) >= 11 is 0. The number of carbonyl (C=O) groups is 2. The summed E-state index contributed by atoms with van der Waals surface area (Å²) in [4.78, 5) is 25.5. The van der Waals surface area contributed by atoms with E-state index in [1.165, 1.54) is 0 Å². The van der Waals surface area contributed by atoms with Gasteiger partial charge in [0.05, 0.1) is 6.54 Å². The number of aryl methyl sites for hydroxylation is 1. The summed E-state index contributed by atoms with van der Waals surface area (Å²) in [5, 5.41) is 6.04. The normalized spacial score (nSPS) is 10.2. The number of para-hydroxylation sites is 1. The third kappa shape index (κ3) is 5.64. The zero-order valence-corrected chi connectivity index (χ0v) is 15.0. The van der Waals surface area contributed by atoms with E-state index in [4.69, 9.17) is 0 Å². The summed E-state index contributed by atoms with van der Waals surface area (Å²) in [6.45, 7) is 6.84. The van der Waals surface area contributed by atoms with Gasteiger partial charge in [-0.3, -0.25) is 9.59 Å². The van der Waals surface area contributed by atoms with Crippen LogP contribution in [0.1, 0.15) is 25.0 Å². The van der Waals surface area contributed by atoms with E-state index in [2.05, 4.69) is 10.6 Å². The Morgan fingerprint density at radius 1 is 1.08 bits per heavy atom. The van der Waals surface area contributed by atoms with Gasteiger partial charge in [0.2, 0.25) is 11.8 Å². The Balaban J connectivity index is 1.98. The molecule has 0 unspecified atom stereocenters. The standard InChI is InChI=1S/C20H25N3O2/c1-4-23(16(3)24)14-17-9-5-6-11-19(17)21-13-20(25)22-18-10-7-8-15(2)12-18/h5-12,21H,4,13-14H2,1-3H3,(H,22,25). The smallest absolute Gasteiger partial charge is 0.243 e. The average molecular weight is 339 g/mol. The largest absolute Gasteiger partial charge is 0.376 e. The van der Waals surface area contributed by atoms with Crippen LogP contribution in [0.2, 0.25) is 0 Å². The van der Waals surface area contributed by atoms with Crippen LogP contribution in [0.25, 0.3) is 0 Å². The quantitative estimate of drug-likeness (QED) is 0.812. The predicted octanol–water partition coefficient (Wildman–Crippen LogP) is 3.41. The highest BCUT2D eigenvalue weighted by atomic mass is 16.2. The van der Waals surface area contributed by atoms with Crippen molar-refractivity contribution in [1.82, 2.24) is 4.90 Å². The number of hydrogen-bond donors (Lipinski definition) is 2. The number of benzene rings is 2. The van der Waals surface area contributed by atoms with E-state index in [9.17, 15) is 9.59 Å². The molecule has 0 aliphatic heterocycles. The Bertz CT molecular complexity index is 743. The van der Waals surface area contributed by atoms with Crippen molar-refractivity contribution in [3.63, 3.8) is 0 Å². The molecule has 5 nitrogen and oxygen atoms in total. The molecule has 0 heterocycles. The minimum Gasteiger partial charge on any atom is -0.376 e. The molecule has 2 N–H and O–H groups in total. The van der Waals surface area contributed by atoms with Crippen molar-refractivity contribution in [2.75, 3.05) is 23.7 Å². The molecule has 0 saturated carbocycles. The Morgan fingerprint density at radius 3 is 2.52 bits per heavy atom. The van der Waals surface area contributed by atoms with Crippen LogP contribution < -0.4 is 10.6 Å². The first-order chi connectivity index (χ1) is 12.0. The molecule has 0 fully saturated rings. The maximum Gasteiger partial charge on any atom is 0.243 e. The Labute approximate surface area is 149 Å². The molecular weight excluding hydrogens is 314 g/mol. The lowest BCUT2D eigenvalue weighted by Crippen LogP contribution is -2.28. The number of amides is 2. The van der Waals surface area contributed by atoms with E-state index in [0.717, 1.165) is 22.5 Å². The fourth-order valence-corrected chi connectivity index (χ4v) is 2.59. The first-order valence-electron chi connectivity index (χ1n) is 8.43. The average Bonchev–Trinajstić information content (AvgIpc) is 2.58. The molecule has 0 aliphatic rings. The third-order valence-electron chi connectivity index (χ3n) is 3.95. The van der Waals surface area contributed by atoms with Gasteiger partial charge >= 0.3 is 0 Å². The second kappa shape index (κ2) is 8.87. The molecular formula is C20H25N3O2. The Morgan fingerprint density at radius 2 is 1.84 bits per heavy atom. The van der Waals surface area contributed by atoms with Gasteiger partial charge in [0.25, 0.3) is 0 Å². The highest BCUT2D eigenvalue weighted by Gasteiger charge is 2.11.